The first-order valence-electron chi connectivity index (χ1n) is 1.22. The van der Waals surface area contributed by atoms with Gasteiger partial charge in [0.25, 0.3) is 0 Å². The van der Waals surface area contributed by atoms with E-state index in [-0.39, 0.29) is 42.0 Å². The minimum atomic E-state index is 0. The summed E-state index contributed by atoms with van der Waals surface area (Å²) in [6, 6.07) is 0. The molecule has 0 aliphatic rings. The first-order valence-corrected chi connectivity index (χ1v) is 1.22. The van der Waals surface area contributed by atoms with Gasteiger partial charge in [0.2, 0.25) is 6.41 Å². The maximum absolute atomic E-state index is 9.22. The Balaban J connectivity index is -0.0000000800. The number of hydrogen-bond donors (Lipinski definition) is 1. The van der Waals surface area contributed by atoms with Crippen molar-refractivity contribution in [1.82, 2.24) is 5.32 Å². The minimum Gasteiger partial charge on any atom is -1.00 e. The van der Waals surface area contributed by atoms with Gasteiger partial charge in [0.05, 0.1) is 0 Å². The molecule has 0 bridgehead atoms. The molecule has 1 amide bonds. The van der Waals surface area contributed by atoms with Crippen LogP contribution in [0.15, 0.2) is 12.8 Å². The molecule has 7 heavy (non-hydrogen) atoms. The number of carbonyl (C=O) groups is 1. The van der Waals surface area contributed by atoms with E-state index in [0.717, 1.165) is 0 Å². The van der Waals surface area contributed by atoms with Gasteiger partial charge >= 0.3 is 29.6 Å². The maximum atomic E-state index is 9.22. The molecule has 0 aromatic carbocycles. The molecule has 0 rings (SSSR count). The van der Waals surface area contributed by atoms with E-state index < -0.39 is 0 Å². The standard InChI is InChI=1S/C3H5NO.ClH.Na/c1-2-4-3-5;;/h2-3H,1H2,(H,4,5);1H;/q;;+1/p-1. The van der Waals surface area contributed by atoms with Crippen LogP contribution in [0.2, 0.25) is 0 Å². The van der Waals surface area contributed by atoms with E-state index in [2.05, 4.69) is 11.9 Å². The largest absolute Gasteiger partial charge is 1.00 e. The molecule has 2 nitrogen and oxygen atoms in total. The molecule has 0 aliphatic carbocycles. The second kappa shape index (κ2) is 16.1. The SMILES string of the molecule is C=CNC=O.[Cl-].[Na+]. The zero-order chi connectivity index (χ0) is 4.12. The second-order valence-electron chi connectivity index (χ2n) is 0.489. The van der Waals surface area contributed by atoms with Crippen LogP contribution in [0.5, 0.6) is 0 Å². The molecule has 0 saturated heterocycles. The summed E-state index contributed by atoms with van der Waals surface area (Å²) in [7, 11) is 0. The van der Waals surface area contributed by atoms with Gasteiger partial charge in [-0.2, -0.15) is 0 Å². The van der Waals surface area contributed by atoms with Gasteiger partial charge in [0.15, 0.2) is 0 Å². The molecule has 0 saturated carbocycles. The molecule has 0 aromatic heterocycles. The van der Waals surface area contributed by atoms with Gasteiger partial charge in [-0.3, -0.25) is 4.79 Å². The van der Waals surface area contributed by atoms with Crippen molar-refractivity contribution in [1.29, 1.82) is 0 Å². The third-order valence-electron chi connectivity index (χ3n) is 0.186. The molecule has 0 unspecified atom stereocenters. The Labute approximate surface area is 71.1 Å². The van der Waals surface area contributed by atoms with Gasteiger partial charge in [-0.25, -0.2) is 0 Å². The molecule has 0 radical (unpaired) electrons. The zero-order valence-electron chi connectivity index (χ0n) is 4.15. The molecular weight excluding hydrogens is 124 g/mol. The minimum absolute atomic E-state index is 0. The van der Waals surface area contributed by atoms with Crippen LogP contribution in [0.1, 0.15) is 0 Å². The third-order valence-corrected chi connectivity index (χ3v) is 0.186. The number of halogens is 1. The molecule has 0 aromatic rings. The first-order chi connectivity index (χ1) is 2.41. The number of carbonyl (C=O) groups excluding carboxylic acids is 1. The number of nitrogens with one attached hydrogen (secondary N) is 1. The second-order valence-corrected chi connectivity index (χ2v) is 0.489. The summed E-state index contributed by atoms with van der Waals surface area (Å²) in [4.78, 5) is 9.22. The van der Waals surface area contributed by atoms with E-state index >= 15 is 0 Å². The van der Waals surface area contributed by atoms with E-state index in [4.69, 9.17) is 0 Å². The summed E-state index contributed by atoms with van der Waals surface area (Å²) in [6.45, 7) is 3.21. The molecule has 0 fully saturated rings. The Bertz CT molecular complexity index is 44.2. The van der Waals surface area contributed by atoms with Gasteiger partial charge in [0.1, 0.15) is 0 Å². The van der Waals surface area contributed by atoms with Crippen molar-refractivity contribution in [2.45, 2.75) is 0 Å². The summed E-state index contributed by atoms with van der Waals surface area (Å²) in [6.07, 6.45) is 1.88. The molecule has 0 heterocycles. The Hall–Kier alpha value is 0.500. The normalized spacial score (nSPS) is 4.00. The molecule has 36 valence electrons. The third kappa shape index (κ3) is 21.1. The summed E-state index contributed by atoms with van der Waals surface area (Å²) >= 11 is 0. The molecule has 1 N–H and O–H groups in total. The van der Waals surface area contributed by atoms with Crippen LogP contribution in [0.4, 0.5) is 0 Å². The quantitative estimate of drug-likeness (QED) is 0.292. The summed E-state index contributed by atoms with van der Waals surface area (Å²) in [5, 5.41) is 2.19. The van der Waals surface area contributed by atoms with Crippen LogP contribution in [0, 0.1) is 0 Å². The average molecular weight is 130 g/mol. The fraction of sp³-hybridized carbons (Fsp3) is 0. The first kappa shape index (κ1) is 15.6. The van der Waals surface area contributed by atoms with Gasteiger partial charge in [-0.1, -0.05) is 6.58 Å². The topological polar surface area (TPSA) is 29.1 Å². The molecule has 0 aliphatic heterocycles. The summed E-state index contributed by atoms with van der Waals surface area (Å²) in [5.41, 5.74) is 0. The Morgan fingerprint density at radius 1 is 1.57 bits per heavy atom. The van der Waals surface area contributed by atoms with Gasteiger partial charge in [-0.05, 0) is 6.20 Å². The van der Waals surface area contributed by atoms with Crippen molar-refractivity contribution in [2.24, 2.45) is 0 Å². The molecule has 4 heteroatoms. The van der Waals surface area contributed by atoms with E-state index in [1.165, 1.54) is 6.20 Å². The average Bonchev–Trinajstić information content (AvgIpc) is 1.41. The van der Waals surface area contributed by atoms with Crippen LogP contribution < -0.4 is 47.3 Å². The zero-order valence-corrected chi connectivity index (χ0v) is 6.90. The van der Waals surface area contributed by atoms with Crippen molar-refractivity contribution in [3.05, 3.63) is 12.8 Å². The van der Waals surface area contributed by atoms with Gasteiger partial charge in [0, 0.05) is 0 Å². The van der Waals surface area contributed by atoms with E-state index in [1.807, 2.05) is 0 Å². The van der Waals surface area contributed by atoms with Crippen molar-refractivity contribution >= 4 is 6.41 Å². The molecule has 0 spiro atoms. The Morgan fingerprint density at radius 2 is 2.00 bits per heavy atom. The number of hydrogen-bond acceptors (Lipinski definition) is 1. The fourth-order valence-electron chi connectivity index (χ4n) is 0.0481. The fourth-order valence-corrected chi connectivity index (χ4v) is 0.0481. The van der Waals surface area contributed by atoms with E-state index in [9.17, 15) is 4.79 Å². The van der Waals surface area contributed by atoms with Crippen LogP contribution in [0.25, 0.3) is 0 Å². The van der Waals surface area contributed by atoms with Crippen molar-refractivity contribution in [3.8, 4) is 0 Å². The Morgan fingerprint density at radius 3 is 2.00 bits per heavy atom. The number of rotatable bonds is 2. The van der Waals surface area contributed by atoms with E-state index in [0.29, 0.717) is 6.41 Å². The maximum Gasteiger partial charge on any atom is 1.00 e. The Kier molecular flexibility index (Phi) is 35.9. The predicted molar refractivity (Wildman–Crippen MR) is 19.4 cm³/mol. The smallest absolute Gasteiger partial charge is 1.00 e. The molecule has 0 atom stereocenters. The number of amides is 1. The van der Waals surface area contributed by atoms with Crippen molar-refractivity contribution in [2.75, 3.05) is 0 Å². The van der Waals surface area contributed by atoms with Crippen LogP contribution in [0.3, 0.4) is 0 Å². The monoisotopic (exact) mass is 129 g/mol. The van der Waals surface area contributed by atoms with Gasteiger partial charge < -0.3 is 17.7 Å². The predicted octanol–water partition coefficient (Wildman–Crippen LogP) is -6.12. The van der Waals surface area contributed by atoms with Crippen LogP contribution >= 0.6 is 0 Å². The van der Waals surface area contributed by atoms with E-state index in [1.54, 1.807) is 0 Å². The van der Waals surface area contributed by atoms with Crippen LogP contribution in [-0.2, 0) is 4.79 Å². The molecular formula is C3H5ClNNaO. The summed E-state index contributed by atoms with van der Waals surface area (Å²) < 4.78 is 0. The van der Waals surface area contributed by atoms with Crippen LogP contribution in [-0.4, -0.2) is 6.41 Å². The van der Waals surface area contributed by atoms with Crippen molar-refractivity contribution < 1.29 is 46.8 Å². The summed E-state index contributed by atoms with van der Waals surface area (Å²) in [5.74, 6) is 0. The van der Waals surface area contributed by atoms with Gasteiger partial charge in [-0.15, -0.1) is 0 Å². The van der Waals surface area contributed by atoms with Crippen molar-refractivity contribution in [3.63, 3.8) is 0 Å².